The van der Waals surface area contributed by atoms with Crippen molar-refractivity contribution in [1.82, 2.24) is 30.0 Å². The third-order valence-electron chi connectivity index (χ3n) is 4.36. The number of carbonyl (C=O) groups is 1. The van der Waals surface area contributed by atoms with E-state index in [1.807, 2.05) is 41.7 Å². The molecular formula is C18H22ClN7O. The maximum Gasteiger partial charge on any atom is 0.272 e. The molecule has 0 aliphatic carbocycles. The molecule has 1 amide bonds. The lowest BCUT2D eigenvalue weighted by Gasteiger charge is -2.07. The van der Waals surface area contributed by atoms with Gasteiger partial charge in [-0.1, -0.05) is 11.6 Å². The molecule has 0 fully saturated rings. The van der Waals surface area contributed by atoms with Crippen LogP contribution in [0.2, 0.25) is 5.02 Å². The van der Waals surface area contributed by atoms with Gasteiger partial charge in [0.25, 0.3) is 5.91 Å². The standard InChI is InChI=1S/C18H22ClN7O/c1-9-7-14(15-11(3)23-25(6)17(15)20-9)18(27)22-21-10(2)8-26-13(5)16(19)12(4)24-26/h7H,8H2,1-6H3,(H,22,27)/b21-10-. The van der Waals surface area contributed by atoms with Gasteiger partial charge in [0.15, 0.2) is 5.65 Å². The summed E-state index contributed by atoms with van der Waals surface area (Å²) in [7, 11) is 1.81. The van der Waals surface area contributed by atoms with Crippen molar-refractivity contribution in [2.45, 2.75) is 41.2 Å². The molecule has 0 saturated heterocycles. The Bertz CT molecular complexity index is 1080. The lowest BCUT2D eigenvalue weighted by atomic mass is 10.1. The van der Waals surface area contributed by atoms with Gasteiger partial charge in [0.05, 0.1) is 45.3 Å². The molecule has 0 atom stereocenters. The molecule has 3 heterocycles. The molecule has 0 radical (unpaired) electrons. The number of aromatic nitrogens is 5. The summed E-state index contributed by atoms with van der Waals surface area (Å²) in [6.07, 6.45) is 0. The van der Waals surface area contributed by atoms with Gasteiger partial charge < -0.3 is 0 Å². The van der Waals surface area contributed by atoms with Crippen LogP contribution in [-0.4, -0.2) is 36.2 Å². The molecule has 0 unspecified atom stereocenters. The summed E-state index contributed by atoms with van der Waals surface area (Å²) < 4.78 is 3.44. The van der Waals surface area contributed by atoms with Crippen molar-refractivity contribution in [3.8, 4) is 0 Å². The Hall–Kier alpha value is -2.74. The molecule has 0 bridgehead atoms. The van der Waals surface area contributed by atoms with E-state index in [9.17, 15) is 4.79 Å². The van der Waals surface area contributed by atoms with Crippen LogP contribution in [0.1, 0.15) is 40.1 Å². The third kappa shape index (κ3) is 3.57. The molecular weight excluding hydrogens is 366 g/mol. The van der Waals surface area contributed by atoms with E-state index in [0.717, 1.165) is 28.2 Å². The topological polar surface area (TPSA) is 90.0 Å². The van der Waals surface area contributed by atoms with Crippen LogP contribution in [0.3, 0.4) is 0 Å². The molecule has 8 nitrogen and oxygen atoms in total. The van der Waals surface area contributed by atoms with Gasteiger partial charge in [-0.15, -0.1) is 0 Å². The van der Waals surface area contributed by atoms with Crippen molar-refractivity contribution in [2.75, 3.05) is 0 Å². The number of halogens is 1. The van der Waals surface area contributed by atoms with Crippen molar-refractivity contribution in [3.63, 3.8) is 0 Å². The highest BCUT2D eigenvalue weighted by Gasteiger charge is 2.17. The minimum atomic E-state index is -0.299. The quantitative estimate of drug-likeness (QED) is 0.550. The molecule has 27 heavy (non-hydrogen) atoms. The highest BCUT2D eigenvalue weighted by molar-refractivity contribution is 6.31. The zero-order chi connectivity index (χ0) is 19.9. The number of carbonyl (C=O) groups excluding carboxylic acids is 1. The summed E-state index contributed by atoms with van der Waals surface area (Å²) in [5, 5.41) is 14.3. The number of nitrogens with one attached hydrogen (secondary N) is 1. The predicted octanol–water partition coefficient (Wildman–Crippen LogP) is 2.86. The number of fused-ring (bicyclic) bond motifs is 1. The molecule has 0 saturated carbocycles. The molecule has 0 aliphatic rings. The van der Waals surface area contributed by atoms with Crippen LogP contribution in [-0.2, 0) is 13.6 Å². The van der Waals surface area contributed by atoms with Gasteiger partial charge in [-0.25, -0.2) is 10.4 Å². The van der Waals surface area contributed by atoms with Crippen LogP contribution in [0, 0.1) is 27.7 Å². The van der Waals surface area contributed by atoms with Crippen molar-refractivity contribution in [3.05, 3.63) is 39.4 Å². The molecule has 3 rings (SSSR count). The minimum Gasteiger partial charge on any atom is -0.267 e. The van der Waals surface area contributed by atoms with Crippen LogP contribution in [0.5, 0.6) is 0 Å². The largest absolute Gasteiger partial charge is 0.272 e. The molecule has 0 spiro atoms. The van der Waals surface area contributed by atoms with Crippen LogP contribution in [0.4, 0.5) is 0 Å². The van der Waals surface area contributed by atoms with E-state index in [1.165, 1.54) is 0 Å². The van der Waals surface area contributed by atoms with E-state index >= 15 is 0 Å². The van der Waals surface area contributed by atoms with E-state index in [4.69, 9.17) is 11.6 Å². The van der Waals surface area contributed by atoms with E-state index < -0.39 is 0 Å². The first-order valence-corrected chi connectivity index (χ1v) is 8.90. The number of nitrogens with zero attached hydrogens (tertiary/aromatic N) is 6. The first-order chi connectivity index (χ1) is 12.7. The van der Waals surface area contributed by atoms with Crippen molar-refractivity contribution >= 4 is 34.3 Å². The fourth-order valence-electron chi connectivity index (χ4n) is 3.04. The number of aryl methyl sites for hydroxylation is 4. The smallest absolute Gasteiger partial charge is 0.267 e. The van der Waals surface area contributed by atoms with E-state index in [2.05, 4.69) is 25.7 Å². The highest BCUT2D eigenvalue weighted by atomic mass is 35.5. The van der Waals surface area contributed by atoms with Crippen LogP contribution < -0.4 is 5.43 Å². The zero-order valence-electron chi connectivity index (χ0n) is 16.3. The molecule has 9 heteroatoms. The second-order valence-corrected chi connectivity index (χ2v) is 7.03. The van der Waals surface area contributed by atoms with Crippen molar-refractivity contribution < 1.29 is 4.79 Å². The number of hydrazone groups is 1. The summed E-state index contributed by atoms with van der Waals surface area (Å²) >= 11 is 6.17. The first kappa shape index (κ1) is 19.0. The predicted molar refractivity (Wildman–Crippen MR) is 105 cm³/mol. The van der Waals surface area contributed by atoms with Gasteiger partial charge in [-0.3, -0.25) is 14.2 Å². The Kier molecular flexibility index (Phi) is 5.01. The Morgan fingerprint density at radius 3 is 2.56 bits per heavy atom. The van der Waals surface area contributed by atoms with Gasteiger partial charge in [0.1, 0.15) is 0 Å². The Morgan fingerprint density at radius 1 is 1.22 bits per heavy atom. The molecule has 142 valence electrons. The number of hydrogen-bond donors (Lipinski definition) is 1. The average Bonchev–Trinajstić information content (AvgIpc) is 3.02. The lowest BCUT2D eigenvalue weighted by Crippen LogP contribution is -2.21. The summed E-state index contributed by atoms with van der Waals surface area (Å²) in [5.41, 5.74) is 7.65. The van der Waals surface area contributed by atoms with Gasteiger partial charge in [0, 0.05) is 12.7 Å². The maximum atomic E-state index is 12.7. The molecule has 1 N–H and O–H groups in total. The second-order valence-electron chi connectivity index (χ2n) is 6.65. The summed E-state index contributed by atoms with van der Waals surface area (Å²) in [6.45, 7) is 9.73. The van der Waals surface area contributed by atoms with E-state index in [1.54, 1.807) is 15.4 Å². The van der Waals surface area contributed by atoms with Crippen LogP contribution >= 0.6 is 11.6 Å². The minimum absolute atomic E-state index is 0.299. The normalized spacial score (nSPS) is 12.0. The SMILES string of the molecule is C/C(Cn1nc(C)c(Cl)c1C)=N/NC(=O)c1cc(C)nc2c1c(C)nn2C. The van der Waals surface area contributed by atoms with E-state index in [0.29, 0.717) is 28.5 Å². The zero-order valence-corrected chi connectivity index (χ0v) is 17.0. The first-order valence-electron chi connectivity index (χ1n) is 8.53. The lowest BCUT2D eigenvalue weighted by molar-refractivity contribution is 0.0956. The number of amides is 1. The molecule has 3 aromatic rings. The van der Waals surface area contributed by atoms with Crippen LogP contribution in [0.25, 0.3) is 11.0 Å². The number of rotatable bonds is 4. The second kappa shape index (κ2) is 7.11. The summed E-state index contributed by atoms with van der Waals surface area (Å²) in [5.74, 6) is -0.299. The molecule has 0 aliphatic heterocycles. The Balaban J connectivity index is 1.84. The van der Waals surface area contributed by atoms with Crippen LogP contribution in [0.15, 0.2) is 11.2 Å². The third-order valence-corrected chi connectivity index (χ3v) is 4.91. The van der Waals surface area contributed by atoms with Crippen molar-refractivity contribution in [1.29, 1.82) is 0 Å². The summed E-state index contributed by atoms with van der Waals surface area (Å²) in [4.78, 5) is 17.2. The fourth-order valence-corrected chi connectivity index (χ4v) is 3.17. The number of pyridine rings is 1. The van der Waals surface area contributed by atoms with E-state index in [-0.39, 0.29) is 5.91 Å². The van der Waals surface area contributed by atoms with Gasteiger partial charge in [-0.05, 0) is 40.7 Å². The highest BCUT2D eigenvalue weighted by Crippen LogP contribution is 2.21. The monoisotopic (exact) mass is 387 g/mol. The van der Waals surface area contributed by atoms with Crippen molar-refractivity contribution in [2.24, 2.45) is 12.1 Å². The maximum absolute atomic E-state index is 12.7. The molecule has 3 aromatic heterocycles. The molecule has 0 aromatic carbocycles. The van der Waals surface area contributed by atoms with Gasteiger partial charge in [-0.2, -0.15) is 15.3 Å². The Labute approximate surface area is 162 Å². The summed E-state index contributed by atoms with van der Waals surface area (Å²) in [6, 6.07) is 1.75. The Morgan fingerprint density at radius 2 is 1.93 bits per heavy atom. The van der Waals surface area contributed by atoms with Gasteiger partial charge in [0.2, 0.25) is 0 Å². The number of hydrogen-bond acceptors (Lipinski definition) is 5. The van der Waals surface area contributed by atoms with Gasteiger partial charge >= 0.3 is 0 Å². The fraction of sp³-hybridized carbons (Fsp3) is 0.389. The average molecular weight is 388 g/mol.